The van der Waals surface area contributed by atoms with Crippen LogP contribution in [0.15, 0.2) is 23.2 Å². The number of hydrogen-bond donors (Lipinski definition) is 4. The van der Waals surface area contributed by atoms with Gasteiger partial charge in [-0.15, -0.1) is 0 Å². The Labute approximate surface area is 92.5 Å². The fraction of sp³-hybridized carbons (Fsp3) is 0.222. The van der Waals surface area contributed by atoms with Gasteiger partial charge in [0.05, 0.1) is 0 Å². The molecule has 1 aromatic carbocycles. The van der Waals surface area contributed by atoms with Gasteiger partial charge in [0.25, 0.3) is 0 Å². The molecule has 0 saturated heterocycles. The molecular formula is C9H12ClN5. The first-order valence-electron chi connectivity index (χ1n) is 4.45. The predicted octanol–water partition coefficient (Wildman–Crippen LogP) is 0.140. The van der Waals surface area contributed by atoms with Crippen molar-refractivity contribution in [2.24, 2.45) is 16.5 Å². The van der Waals surface area contributed by atoms with Crippen LogP contribution in [0.5, 0.6) is 0 Å². The van der Waals surface area contributed by atoms with Crippen LogP contribution in [0.25, 0.3) is 0 Å². The molecule has 0 aliphatic carbocycles. The van der Waals surface area contributed by atoms with Gasteiger partial charge in [-0.25, -0.2) is 4.99 Å². The molecule has 6 N–H and O–H groups in total. The van der Waals surface area contributed by atoms with Gasteiger partial charge in [-0.05, 0) is 18.6 Å². The number of nitrogens with one attached hydrogen (secondary N) is 2. The van der Waals surface area contributed by atoms with E-state index in [1.165, 1.54) is 0 Å². The molecule has 2 rings (SSSR count). The number of halogens is 1. The Morgan fingerprint density at radius 1 is 1.47 bits per heavy atom. The number of guanidine groups is 1. The monoisotopic (exact) mass is 225 g/mol. The van der Waals surface area contributed by atoms with E-state index in [4.69, 9.17) is 23.1 Å². The lowest BCUT2D eigenvalue weighted by Crippen LogP contribution is -2.50. The summed E-state index contributed by atoms with van der Waals surface area (Å²) in [6.45, 7) is 1.92. The minimum absolute atomic E-state index is 0.259. The summed E-state index contributed by atoms with van der Waals surface area (Å²) in [4.78, 5) is 4.05. The highest BCUT2D eigenvalue weighted by Crippen LogP contribution is 2.24. The molecule has 0 saturated carbocycles. The maximum Gasteiger partial charge on any atom is 0.209 e. The van der Waals surface area contributed by atoms with Gasteiger partial charge in [0.1, 0.15) is 0 Å². The van der Waals surface area contributed by atoms with E-state index < -0.39 is 5.79 Å². The Bertz CT molecular complexity index is 431. The van der Waals surface area contributed by atoms with E-state index in [2.05, 4.69) is 15.8 Å². The highest BCUT2D eigenvalue weighted by atomic mass is 35.5. The van der Waals surface area contributed by atoms with Crippen molar-refractivity contribution in [3.05, 3.63) is 34.3 Å². The smallest absolute Gasteiger partial charge is 0.209 e. The van der Waals surface area contributed by atoms with Crippen molar-refractivity contribution in [1.29, 1.82) is 0 Å². The summed E-state index contributed by atoms with van der Waals surface area (Å²) in [5.41, 5.74) is 18.7. The van der Waals surface area contributed by atoms with E-state index in [0.29, 0.717) is 5.02 Å². The average molecular weight is 226 g/mol. The van der Waals surface area contributed by atoms with Gasteiger partial charge in [0.2, 0.25) is 11.7 Å². The summed E-state index contributed by atoms with van der Waals surface area (Å²) < 4.78 is 0. The largest absolute Gasteiger partial charge is 0.369 e. The number of aryl methyl sites for hydroxylation is 1. The van der Waals surface area contributed by atoms with Crippen LogP contribution in [0, 0.1) is 6.92 Å². The minimum atomic E-state index is -1.04. The second-order valence-corrected chi connectivity index (χ2v) is 3.88. The molecule has 6 heteroatoms. The Hall–Kier alpha value is -1.30. The molecule has 1 aromatic rings. The zero-order chi connectivity index (χ0) is 11.1. The van der Waals surface area contributed by atoms with Crippen molar-refractivity contribution in [2.45, 2.75) is 12.7 Å². The molecule has 1 aliphatic rings. The molecule has 15 heavy (non-hydrogen) atoms. The number of hydrazine groups is 1. The van der Waals surface area contributed by atoms with Crippen molar-refractivity contribution in [1.82, 2.24) is 10.9 Å². The number of nitrogens with two attached hydrogens (primary N) is 2. The van der Waals surface area contributed by atoms with E-state index in [9.17, 15) is 0 Å². The highest BCUT2D eigenvalue weighted by molar-refractivity contribution is 6.31. The Kier molecular flexibility index (Phi) is 2.30. The number of aliphatic imine (C=N–C) groups is 1. The normalized spacial score (nSPS) is 24.9. The second-order valence-electron chi connectivity index (χ2n) is 3.48. The molecule has 80 valence electrons. The van der Waals surface area contributed by atoms with Gasteiger partial charge in [0.15, 0.2) is 0 Å². The quantitative estimate of drug-likeness (QED) is 0.548. The maximum atomic E-state index is 6.01. The second kappa shape index (κ2) is 3.37. The van der Waals surface area contributed by atoms with Crippen molar-refractivity contribution in [2.75, 3.05) is 0 Å². The third-order valence-corrected chi connectivity index (χ3v) is 2.70. The standard InChI is InChI=1S/C9H12ClN5/c1-5-2-3-6(4-7(5)10)9(12)13-8(11)14-15-9/h2-4,15H,12H2,1H3,(H3,11,13,14). The summed E-state index contributed by atoms with van der Waals surface area (Å²) >= 11 is 6.01. The lowest BCUT2D eigenvalue weighted by molar-refractivity contribution is 0.375. The first kappa shape index (κ1) is 10.2. The average Bonchev–Trinajstić information content (AvgIpc) is 2.52. The molecule has 1 aliphatic heterocycles. The van der Waals surface area contributed by atoms with Crippen LogP contribution in [0.4, 0.5) is 0 Å². The Balaban J connectivity index is 2.42. The molecule has 0 fully saturated rings. The van der Waals surface area contributed by atoms with Gasteiger partial charge in [0, 0.05) is 10.6 Å². The van der Waals surface area contributed by atoms with Gasteiger partial charge in [-0.1, -0.05) is 23.7 Å². The van der Waals surface area contributed by atoms with E-state index >= 15 is 0 Å². The molecule has 0 amide bonds. The Morgan fingerprint density at radius 3 is 2.73 bits per heavy atom. The maximum absolute atomic E-state index is 6.01. The van der Waals surface area contributed by atoms with Gasteiger partial charge in [-0.2, -0.15) is 5.43 Å². The molecule has 0 aromatic heterocycles. The summed E-state index contributed by atoms with van der Waals surface area (Å²) in [6, 6.07) is 5.52. The minimum Gasteiger partial charge on any atom is -0.369 e. The van der Waals surface area contributed by atoms with Crippen molar-refractivity contribution >= 4 is 17.6 Å². The highest BCUT2D eigenvalue weighted by Gasteiger charge is 2.31. The van der Waals surface area contributed by atoms with Crippen LogP contribution in [0.3, 0.4) is 0 Å². The van der Waals surface area contributed by atoms with E-state index in [1.807, 2.05) is 19.1 Å². The molecule has 1 atom stereocenters. The number of rotatable bonds is 1. The third kappa shape index (κ3) is 1.77. The first-order chi connectivity index (χ1) is 7.01. The molecule has 0 radical (unpaired) electrons. The molecule has 0 spiro atoms. The first-order valence-corrected chi connectivity index (χ1v) is 4.83. The zero-order valence-electron chi connectivity index (χ0n) is 8.21. The van der Waals surface area contributed by atoms with Crippen molar-refractivity contribution in [3.63, 3.8) is 0 Å². The van der Waals surface area contributed by atoms with Crippen molar-refractivity contribution < 1.29 is 0 Å². The summed E-state index contributed by atoms with van der Waals surface area (Å²) in [5, 5.41) is 0.653. The topological polar surface area (TPSA) is 88.5 Å². The number of benzene rings is 1. The van der Waals surface area contributed by atoms with E-state index in [1.54, 1.807) is 6.07 Å². The summed E-state index contributed by atoms with van der Waals surface area (Å²) in [6.07, 6.45) is 0. The van der Waals surface area contributed by atoms with Crippen molar-refractivity contribution in [3.8, 4) is 0 Å². The molecule has 5 nitrogen and oxygen atoms in total. The fourth-order valence-electron chi connectivity index (χ4n) is 1.37. The fourth-order valence-corrected chi connectivity index (χ4v) is 1.55. The van der Waals surface area contributed by atoms with Crippen LogP contribution < -0.4 is 22.3 Å². The van der Waals surface area contributed by atoms with Crippen LogP contribution in [-0.2, 0) is 5.79 Å². The van der Waals surface area contributed by atoms with Crippen LogP contribution in [0.2, 0.25) is 5.02 Å². The van der Waals surface area contributed by atoms with Gasteiger partial charge < -0.3 is 5.73 Å². The lowest BCUT2D eigenvalue weighted by atomic mass is 10.1. The van der Waals surface area contributed by atoms with Crippen LogP contribution in [0.1, 0.15) is 11.1 Å². The molecule has 1 unspecified atom stereocenters. The number of hydrogen-bond acceptors (Lipinski definition) is 5. The van der Waals surface area contributed by atoms with Crippen LogP contribution >= 0.6 is 11.6 Å². The SMILES string of the molecule is Cc1ccc(C2(N)N=C(N)NN2)cc1Cl. The predicted molar refractivity (Wildman–Crippen MR) is 59.9 cm³/mol. The third-order valence-electron chi connectivity index (χ3n) is 2.29. The van der Waals surface area contributed by atoms with Gasteiger partial charge in [-0.3, -0.25) is 11.2 Å². The molecular weight excluding hydrogens is 214 g/mol. The zero-order valence-corrected chi connectivity index (χ0v) is 8.97. The van der Waals surface area contributed by atoms with E-state index in [0.717, 1.165) is 11.1 Å². The number of nitrogens with zero attached hydrogens (tertiary/aromatic N) is 1. The van der Waals surface area contributed by atoms with Gasteiger partial charge >= 0.3 is 0 Å². The Morgan fingerprint density at radius 2 is 2.20 bits per heavy atom. The molecule has 0 bridgehead atoms. The van der Waals surface area contributed by atoms with E-state index in [-0.39, 0.29) is 5.96 Å². The summed E-state index contributed by atoms with van der Waals surface area (Å²) in [5.74, 6) is -0.782. The summed E-state index contributed by atoms with van der Waals surface area (Å²) in [7, 11) is 0. The molecule has 1 heterocycles. The lowest BCUT2D eigenvalue weighted by Gasteiger charge is -2.21. The van der Waals surface area contributed by atoms with Crippen LogP contribution in [-0.4, -0.2) is 5.96 Å².